The molecule has 3 amide bonds. The van der Waals surface area contributed by atoms with Gasteiger partial charge in [0, 0.05) is 18.7 Å². The van der Waals surface area contributed by atoms with Crippen LogP contribution in [0.5, 0.6) is 5.75 Å². The number of pyridine rings is 1. The molecule has 0 saturated heterocycles. The lowest BCUT2D eigenvalue weighted by Gasteiger charge is -2.29. The van der Waals surface area contributed by atoms with Crippen molar-refractivity contribution < 1.29 is 14.3 Å². The molecule has 0 radical (unpaired) electrons. The van der Waals surface area contributed by atoms with E-state index in [4.69, 9.17) is 4.74 Å². The van der Waals surface area contributed by atoms with Crippen molar-refractivity contribution in [1.82, 2.24) is 30.3 Å². The average molecular weight is 400 g/mol. The summed E-state index contributed by atoms with van der Waals surface area (Å²) in [6.45, 7) is 8.27. The van der Waals surface area contributed by atoms with Crippen molar-refractivity contribution >= 4 is 11.9 Å². The molecular formula is C20H28N6O3. The molecule has 0 aromatic carbocycles. The van der Waals surface area contributed by atoms with E-state index in [0.29, 0.717) is 38.5 Å². The summed E-state index contributed by atoms with van der Waals surface area (Å²) >= 11 is 0. The van der Waals surface area contributed by atoms with Gasteiger partial charge in [0.1, 0.15) is 11.9 Å². The van der Waals surface area contributed by atoms with Gasteiger partial charge in [-0.1, -0.05) is 13.8 Å². The first-order chi connectivity index (χ1) is 13.9. The third-order valence-corrected chi connectivity index (χ3v) is 4.61. The molecule has 9 heteroatoms. The molecule has 0 aliphatic carbocycles. The number of rotatable bonds is 7. The Balaban J connectivity index is 1.42. The number of nitrogens with one attached hydrogen (secondary N) is 2. The summed E-state index contributed by atoms with van der Waals surface area (Å²) in [7, 11) is 0. The van der Waals surface area contributed by atoms with Crippen molar-refractivity contribution in [1.29, 1.82) is 0 Å². The van der Waals surface area contributed by atoms with E-state index in [1.165, 1.54) is 0 Å². The summed E-state index contributed by atoms with van der Waals surface area (Å²) < 4.78 is 7.58. The fraction of sp³-hybridized carbons (Fsp3) is 0.500. The molecule has 3 heterocycles. The molecule has 0 fully saturated rings. The molecule has 29 heavy (non-hydrogen) atoms. The van der Waals surface area contributed by atoms with Crippen LogP contribution in [0.15, 0.2) is 30.6 Å². The molecule has 0 saturated carbocycles. The second-order valence-corrected chi connectivity index (χ2v) is 7.45. The highest BCUT2D eigenvalue weighted by Gasteiger charge is 2.23. The maximum Gasteiger partial charge on any atom is 0.315 e. The van der Waals surface area contributed by atoms with Crippen molar-refractivity contribution in [2.75, 3.05) is 13.1 Å². The van der Waals surface area contributed by atoms with E-state index >= 15 is 0 Å². The summed E-state index contributed by atoms with van der Waals surface area (Å²) in [4.78, 5) is 30.1. The van der Waals surface area contributed by atoms with Crippen molar-refractivity contribution in [2.24, 2.45) is 5.92 Å². The Bertz CT molecular complexity index is 836. The molecule has 0 spiro atoms. The summed E-state index contributed by atoms with van der Waals surface area (Å²) in [5.41, 5.74) is 1.76. The zero-order valence-electron chi connectivity index (χ0n) is 17.1. The fourth-order valence-electron chi connectivity index (χ4n) is 3.13. The van der Waals surface area contributed by atoms with Crippen LogP contribution in [0.2, 0.25) is 0 Å². The Kier molecular flexibility index (Phi) is 6.69. The van der Waals surface area contributed by atoms with Gasteiger partial charge in [0.15, 0.2) is 0 Å². The number of amides is 3. The number of urea groups is 1. The molecule has 2 aromatic heterocycles. The monoisotopic (exact) mass is 400 g/mol. The van der Waals surface area contributed by atoms with Crippen molar-refractivity contribution in [2.45, 2.75) is 46.5 Å². The van der Waals surface area contributed by atoms with Crippen LogP contribution >= 0.6 is 0 Å². The second kappa shape index (κ2) is 9.40. The maximum absolute atomic E-state index is 12.2. The highest BCUT2D eigenvalue weighted by Crippen LogP contribution is 2.16. The number of aromatic nitrogens is 3. The molecule has 3 rings (SSSR count). The lowest BCUT2D eigenvalue weighted by molar-refractivity contribution is -0.136. The average Bonchev–Trinajstić information content (AvgIpc) is 3.13. The molecule has 2 aromatic rings. The number of hydrogen-bond donors (Lipinski definition) is 2. The summed E-state index contributed by atoms with van der Waals surface area (Å²) in [6.07, 6.45) is 3.12. The van der Waals surface area contributed by atoms with E-state index in [-0.39, 0.29) is 24.0 Å². The summed E-state index contributed by atoms with van der Waals surface area (Å²) in [6, 6.07) is 5.27. The number of carbonyl (C=O) groups is 2. The molecule has 1 aliphatic rings. The molecule has 1 unspecified atom stereocenters. The van der Waals surface area contributed by atoms with Crippen LogP contribution in [-0.4, -0.2) is 50.8 Å². The number of hydrogen-bond acceptors (Lipinski definition) is 5. The number of fused-ring (bicyclic) bond motifs is 1. The quantitative estimate of drug-likeness (QED) is 0.734. The van der Waals surface area contributed by atoms with Crippen molar-refractivity contribution in [3.05, 3.63) is 42.0 Å². The van der Waals surface area contributed by atoms with E-state index in [0.717, 1.165) is 11.4 Å². The number of carbonyl (C=O) groups excluding carboxylic acids is 2. The largest absolute Gasteiger partial charge is 0.487 e. The minimum atomic E-state index is -0.283. The Morgan fingerprint density at radius 3 is 2.79 bits per heavy atom. The van der Waals surface area contributed by atoms with Gasteiger partial charge in [-0.2, -0.15) is 5.10 Å². The zero-order valence-corrected chi connectivity index (χ0v) is 17.1. The summed E-state index contributed by atoms with van der Waals surface area (Å²) in [5.74, 6) is 0.800. The Labute approximate surface area is 170 Å². The van der Waals surface area contributed by atoms with Gasteiger partial charge in [0.05, 0.1) is 43.8 Å². The first-order valence-corrected chi connectivity index (χ1v) is 9.85. The molecule has 9 nitrogen and oxygen atoms in total. The van der Waals surface area contributed by atoms with Gasteiger partial charge < -0.3 is 20.3 Å². The molecule has 2 N–H and O–H groups in total. The lowest BCUT2D eigenvalue weighted by atomic mass is 10.1. The highest BCUT2D eigenvalue weighted by atomic mass is 16.5. The van der Waals surface area contributed by atoms with E-state index in [1.807, 2.05) is 42.5 Å². The predicted molar refractivity (Wildman–Crippen MR) is 107 cm³/mol. The van der Waals surface area contributed by atoms with Crippen LogP contribution in [0.1, 0.15) is 32.2 Å². The Morgan fingerprint density at radius 2 is 2.07 bits per heavy atom. The third kappa shape index (κ3) is 5.69. The molecular weight excluding hydrogens is 372 g/mol. The fourth-order valence-corrected chi connectivity index (χ4v) is 3.13. The second-order valence-electron chi connectivity index (χ2n) is 7.45. The van der Waals surface area contributed by atoms with E-state index in [9.17, 15) is 9.59 Å². The van der Waals surface area contributed by atoms with Crippen LogP contribution in [-0.2, 0) is 24.4 Å². The zero-order chi connectivity index (χ0) is 20.8. The van der Waals surface area contributed by atoms with Gasteiger partial charge in [-0.3, -0.25) is 14.5 Å². The molecule has 0 bridgehead atoms. The van der Waals surface area contributed by atoms with E-state index in [2.05, 4.69) is 20.7 Å². The number of ether oxygens (including phenoxy) is 1. The van der Waals surface area contributed by atoms with Crippen molar-refractivity contribution in [3.63, 3.8) is 0 Å². The van der Waals surface area contributed by atoms with Crippen molar-refractivity contribution in [3.8, 4) is 5.75 Å². The maximum atomic E-state index is 12.2. The number of nitrogens with zero attached hydrogens (tertiary/aromatic N) is 4. The van der Waals surface area contributed by atoms with Crippen LogP contribution < -0.4 is 15.4 Å². The van der Waals surface area contributed by atoms with Crippen LogP contribution in [0, 0.1) is 5.92 Å². The Morgan fingerprint density at radius 1 is 1.24 bits per heavy atom. The van der Waals surface area contributed by atoms with E-state index < -0.39 is 0 Å². The molecule has 1 atom stereocenters. The minimum absolute atomic E-state index is 0.0150. The highest BCUT2D eigenvalue weighted by molar-refractivity contribution is 5.78. The SMILES string of the molecule is CC(CNC(=O)NCc1cc2n(n1)CCN(C(=O)C(C)C)C2)Oc1cccnc1. The van der Waals surface area contributed by atoms with Gasteiger partial charge in [0.25, 0.3) is 0 Å². The topological polar surface area (TPSA) is 101 Å². The van der Waals surface area contributed by atoms with Gasteiger partial charge in [0.2, 0.25) is 5.91 Å². The first kappa shape index (κ1) is 20.6. The standard InChI is InChI=1S/C20H28N6O3/c1-14(2)19(27)25-7-8-26-17(13-25)9-16(24-26)11-23-20(28)22-10-15(3)29-18-5-4-6-21-12-18/h4-6,9,12,14-15H,7-8,10-11,13H2,1-3H3,(H2,22,23,28). The lowest BCUT2D eigenvalue weighted by Crippen LogP contribution is -2.40. The smallest absolute Gasteiger partial charge is 0.315 e. The molecule has 1 aliphatic heterocycles. The van der Waals surface area contributed by atoms with Gasteiger partial charge in [-0.25, -0.2) is 4.79 Å². The first-order valence-electron chi connectivity index (χ1n) is 9.85. The normalized spacial score (nSPS) is 14.3. The van der Waals surface area contributed by atoms with Gasteiger partial charge >= 0.3 is 6.03 Å². The minimum Gasteiger partial charge on any atom is -0.487 e. The molecule has 156 valence electrons. The van der Waals surface area contributed by atoms with E-state index in [1.54, 1.807) is 18.5 Å². The van der Waals surface area contributed by atoms with Crippen LogP contribution in [0.25, 0.3) is 0 Å². The summed E-state index contributed by atoms with van der Waals surface area (Å²) in [5, 5.41) is 10.1. The Hall–Kier alpha value is -3.10. The van der Waals surface area contributed by atoms with Gasteiger partial charge in [-0.15, -0.1) is 0 Å². The predicted octanol–water partition coefficient (Wildman–Crippen LogP) is 1.54. The van der Waals surface area contributed by atoms with Gasteiger partial charge in [-0.05, 0) is 25.1 Å². The van der Waals surface area contributed by atoms with Crippen LogP contribution in [0.3, 0.4) is 0 Å². The third-order valence-electron chi connectivity index (χ3n) is 4.61. The van der Waals surface area contributed by atoms with Crippen LogP contribution in [0.4, 0.5) is 4.79 Å².